The molecule has 1 aromatic heterocycles. The molecule has 1 fully saturated rings. The summed E-state index contributed by atoms with van der Waals surface area (Å²) in [5.41, 5.74) is 0.246. The number of nitrogens with zero attached hydrogens (tertiary/aromatic N) is 3. The van der Waals surface area contributed by atoms with Gasteiger partial charge in [0.1, 0.15) is 6.33 Å². The summed E-state index contributed by atoms with van der Waals surface area (Å²) in [6.07, 6.45) is 5.28. The molecule has 1 heterocycles. The Hall–Kier alpha value is -1.56. The van der Waals surface area contributed by atoms with Crippen LogP contribution in [0.25, 0.3) is 0 Å². The molecular formula is C13H23N5O. The van der Waals surface area contributed by atoms with Crippen molar-refractivity contribution in [2.24, 2.45) is 0 Å². The molecule has 0 saturated heterocycles. The van der Waals surface area contributed by atoms with E-state index in [4.69, 9.17) is 4.74 Å². The van der Waals surface area contributed by atoms with Crippen molar-refractivity contribution in [3.8, 4) is 5.75 Å². The van der Waals surface area contributed by atoms with Gasteiger partial charge in [-0.2, -0.15) is 0 Å². The van der Waals surface area contributed by atoms with E-state index in [1.54, 1.807) is 13.4 Å². The molecule has 0 unspecified atom stereocenters. The van der Waals surface area contributed by atoms with Gasteiger partial charge in [-0.05, 0) is 33.4 Å². The second-order valence-electron chi connectivity index (χ2n) is 5.18. The summed E-state index contributed by atoms with van der Waals surface area (Å²) in [4.78, 5) is 10.7. The molecule has 0 amide bonds. The van der Waals surface area contributed by atoms with Crippen LogP contribution in [0.15, 0.2) is 6.33 Å². The highest BCUT2D eigenvalue weighted by molar-refractivity contribution is 5.63. The van der Waals surface area contributed by atoms with Gasteiger partial charge < -0.3 is 20.3 Å². The van der Waals surface area contributed by atoms with Gasteiger partial charge in [0.25, 0.3) is 0 Å². The van der Waals surface area contributed by atoms with Gasteiger partial charge >= 0.3 is 0 Å². The molecule has 6 nitrogen and oxygen atoms in total. The van der Waals surface area contributed by atoms with Crippen molar-refractivity contribution in [3.05, 3.63) is 6.33 Å². The molecule has 1 aromatic rings. The first kappa shape index (κ1) is 13.9. The van der Waals surface area contributed by atoms with Crippen molar-refractivity contribution in [2.45, 2.75) is 24.8 Å². The van der Waals surface area contributed by atoms with Crippen LogP contribution in [0.2, 0.25) is 0 Å². The Balaban J connectivity index is 2.11. The van der Waals surface area contributed by atoms with Crippen LogP contribution in [0, 0.1) is 0 Å². The number of anilines is 2. The molecule has 2 N–H and O–H groups in total. The van der Waals surface area contributed by atoms with Crippen LogP contribution in [0.4, 0.5) is 11.6 Å². The van der Waals surface area contributed by atoms with E-state index < -0.39 is 0 Å². The zero-order chi connectivity index (χ0) is 13.9. The van der Waals surface area contributed by atoms with E-state index in [9.17, 15) is 0 Å². The summed E-state index contributed by atoms with van der Waals surface area (Å²) in [5.74, 6) is 2.11. The SMILES string of the molecule is CNc1ncnc(NCC2(N(C)C)CCC2)c1OC. The topological polar surface area (TPSA) is 62.3 Å². The predicted octanol–water partition coefficient (Wildman–Crippen LogP) is 1.42. The van der Waals surface area contributed by atoms with Crippen LogP contribution in [-0.2, 0) is 0 Å². The highest BCUT2D eigenvalue weighted by Crippen LogP contribution is 2.37. The fraction of sp³-hybridized carbons (Fsp3) is 0.692. The lowest BCUT2D eigenvalue weighted by Gasteiger charge is -2.47. The maximum atomic E-state index is 5.38. The third kappa shape index (κ3) is 2.58. The summed E-state index contributed by atoms with van der Waals surface area (Å²) in [7, 11) is 7.73. The van der Waals surface area contributed by atoms with Crippen molar-refractivity contribution >= 4 is 11.6 Å². The molecule has 0 aromatic carbocycles. The van der Waals surface area contributed by atoms with Crippen LogP contribution >= 0.6 is 0 Å². The minimum atomic E-state index is 0.246. The number of nitrogens with one attached hydrogen (secondary N) is 2. The number of hydrogen-bond donors (Lipinski definition) is 2. The average Bonchev–Trinajstić information content (AvgIpc) is 2.36. The molecule has 0 spiro atoms. The lowest BCUT2D eigenvalue weighted by atomic mass is 9.75. The second-order valence-corrected chi connectivity index (χ2v) is 5.18. The number of methoxy groups -OCH3 is 1. The Labute approximate surface area is 114 Å². The molecule has 1 saturated carbocycles. The average molecular weight is 265 g/mol. The molecule has 6 heteroatoms. The maximum absolute atomic E-state index is 5.38. The lowest BCUT2D eigenvalue weighted by Crippen LogP contribution is -2.54. The quantitative estimate of drug-likeness (QED) is 0.811. The van der Waals surface area contributed by atoms with Crippen molar-refractivity contribution in [1.82, 2.24) is 14.9 Å². The first-order valence-corrected chi connectivity index (χ1v) is 6.61. The first-order valence-electron chi connectivity index (χ1n) is 6.61. The van der Waals surface area contributed by atoms with E-state index in [1.807, 2.05) is 7.05 Å². The van der Waals surface area contributed by atoms with E-state index in [1.165, 1.54) is 19.3 Å². The normalized spacial score (nSPS) is 16.9. The molecule has 1 aliphatic carbocycles. The van der Waals surface area contributed by atoms with Crippen molar-refractivity contribution in [3.63, 3.8) is 0 Å². The van der Waals surface area contributed by atoms with E-state index in [0.29, 0.717) is 11.6 Å². The maximum Gasteiger partial charge on any atom is 0.204 e. The van der Waals surface area contributed by atoms with Gasteiger partial charge in [0, 0.05) is 19.1 Å². The van der Waals surface area contributed by atoms with Crippen LogP contribution in [-0.4, -0.2) is 55.2 Å². The molecule has 0 atom stereocenters. The second kappa shape index (κ2) is 5.61. The van der Waals surface area contributed by atoms with Crippen LogP contribution in [0.3, 0.4) is 0 Å². The van der Waals surface area contributed by atoms with Crippen LogP contribution < -0.4 is 15.4 Å². The zero-order valence-electron chi connectivity index (χ0n) is 12.2. The fourth-order valence-corrected chi connectivity index (χ4v) is 2.49. The highest BCUT2D eigenvalue weighted by Gasteiger charge is 2.39. The number of ether oxygens (including phenoxy) is 1. The molecule has 0 radical (unpaired) electrons. The Morgan fingerprint density at radius 1 is 1.32 bits per heavy atom. The number of hydrogen-bond acceptors (Lipinski definition) is 6. The van der Waals surface area contributed by atoms with Crippen LogP contribution in [0.5, 0.6) is 5.75 Å². The van der Waals surface area contributed by atoms with E-state index in [2.05, 4.69) is 39.6 Å². The van der Waals surface area contributed by atoms with E-state index in [0.717, 1.165) is 12.4 Å². The lowest BCUT2D eigenvalue weighted by molar-refractivity contribution is 0.0738. The summed E-state index contributed by atoms with van der Waals surface area (Å²) >= 11 is 0. The minimum absolute atomic E-state index is 0.246. The molecule has 106 valence electrons. The Kier molecular flexibility index (Phi) is 4.09. The van der Waals surface area contributed by atoms with Crippen molar-refractivity contribution in [2.75, 3.05) is 45.4 Å². The third-order valence-electron chi connectivity index (χ3n) is 4.06. The summed E-state index contributed by atoms with van der Waals surface area (Å²) in [6.45, 7) is 0.872. The Morgan fingerprint density at radius 3 is 2.47 bits per heavy atom. The summed E-state index contributed by atoms with van der Waals surface area (Å²) < 4.78 is 5.38. The van der Waals surface area contributed by atoms with E-state index >= 15 is 0 Å². The predicted molar refractivity (Wildman–Crippen MR) is 76.9 cm³/mol. The van der Waals surface area contributed by atoms with Gasteiger partial charge in [0.2, 0.25) is 5.75 Å². The Morgan fingerprint density at radius 2 is 2.00 bits per heavy atom. The smallest absolute Gasteiger partial charge is 0.204 e. The molecule has 1 aliphatic rings. The molecule has 0 bridgehead atoms. The third-order valence-corrected chi connectivity index (χ3v) is 4.06. The van der Waals surface area contributed by atoms with Gasteiger partial charge in [0.05, 0.1) is 7.11 Å². The molecular weight excluding hydrogens is 242 g/mol. The van der Waals surface area contributed by atoms with Gasteiger partial charge in [0.15, 0.2) is 11.6 Å². The summed E-state index contributed by atoms with van der Waals surface area (Å²) in [5, 5.41) is 6.41. The first-order chi connectivity index (χ1) is 9.13. The van der Waals surface area contributed by atoms with Gasteiger partial charge in [-0.15, -0.1) is 0 Å². The number of aromatic nitrogens is 2. The molecule has 0 aliphatic heterocycles. The standard InChI is InChI=1S/C13H23N5O/c1-14-11-10(19-4)12(17-9-16-11)15-8-13(18(2)3)6-5-7-13/h9H,5-8H2,1-4H3,(H2,14,15,16,17). The van der Waals surface area contributed by atoms with Gasteiger partial charge in [-0.1, -0.05) is 0 Å². The fourth-order valence-electron chi connectivity index (χ4n) is 2.49. The van der Waals surface area contributed by atoms with Gasteiger partial charge in [-0.25, -0.2) is 9.97 Å². The van der Waals surface area contributed by atoms with E-state index in [-0.39, 0.29) is 5.54 Å². The van der Waals surface area contributed by atoms with Crippen molar-refractivity contribution < 1.29 is 4.74 Å². The number of likely N-dealkylation sites (N-methyl/N-ethyl adjacent to an activating group) is 1. The van der Waals surface area contributed by atoms with Gasteiger partial charge in [-0.3, -0.25) is 0 Å². The zero-order valence-corrected chi connectivity index (χ0v) is 12.2. The monoisotopic (exact) mass is 265 g/mol. The molecule has 19 heavy (non-hydrogen) atoms. The minimum Gasteiger partial charge on any atom is -0.490 e. The van der Waals surface area contributed by atoms with Crippen molar-refractivity contribution in [1.29, 1.82) is 0 Å². The molecule has 2 rings (SSSR count). The number of rotatable bonds is 6. The summed E-state index contributed by atoms with van der Waals surface area (Å²) in [6, 6.07) is 0. The Bertz CT molecular complexity index is 431. The van der Waals surface area contributed by atoms with Crippen LogP contribution in [0.1, 0.15) is 19.3 Å². The highest BCUT2D eigenvalue weighted by atomic mass is 16.5. The largest absolute Gasteiger partial charge is 0.490 e.